The van der Waals surface area contributed by atoms with Gasteiger partial charge in [0.2, 0.25) is 5.91 Å². The maximum atomic E-state index is 12.6. The molecule has 1 heterocycles. The van der Waals surface area contributed by atoms with E-state index in [0.717, 1.165) is 5.56 Å². The SMILES string of the molecule is CC(=O)N(c1ccccc1)N1C(=O)C(O)=CCc2ccccc21. The zero-order valence-corrected chi connectivity index (χ0v) is 12.6. The van der Waals surface area contributed by atoms with Gasteiger partial charge in [-0.05, 0) is 36.3 Å². The van der Waals surface area contributed by atoms with E-state index in [1.54, 1.807) is 36.4 Å². The smallest absolute Gasteiger partial charge is 0.311 e. The summed E-state index contributed by atoms with van der Waals surface area (Å²) in [5.74, 6) is -1.33. The molecular formula is C18H16N2O3. The second-order valence-electron chi connectivity index (χ2n) is 5.21. The number of rotatable bonds is 2. The molecule has 5 nitrogen and oxygen atoms in total. The number of aliphatic hydroxyl groups excluding tert-OH is 1. The highest BCUT2D eigenvalue weighted by Gasteiger charge is 2.32. The highest BCUT2D eigenvalue weighted by atomic mass is 16.3. The summed E-state index contributed by atoms with van der Waals surface area (Å²) in [4.78, 5) is 24.9. The van der Waals surface area contributed by atoms with Crippen molar-refractivity contribution in [1.29, 1.82) is 0 Å². The lowest BCUT2D eigenvalue weighted by Crippen LogP contribution is -2.50. The Morgan fingerprint density at radius 1 is 1.09 bits per heavy atom. The minimum Gasteiger partial charge on any atom is -0.503 e. The summed E-state index contributed by atoms with van der Waals surface area (Å²) in [7, 11) is 0. The molecule has 2 amide bonds. The zero-order chi connectivity index (χ0) is 16.4. The molecule has 5 heteroatoms. The van der Waals surface area contributed by atoms with E-state index in [0.29, 0.717) is 17.8 Å². The van der Waals surface area contributed by atoms with E-state index in [-0.39, 0.29) is 11.7 Å². The number of aliphatic hydroxyl groups is 1. The van der Waals surface area contributed by atoms with Gasteiger partial charge >= 0.3 is 5.91 Å². The van der Waals surface area contributed by atoms with Crippen molar-refractivity contribution in [3.05, 3.63) is 72.0 Å². The molecule has 0 saturated heterocycles. The second kappa shape index (κ2) is 5.96. The summed E-state index contributed by atoms with van der Waals surface area (Å²) >= 11 is 0. The number of carbonyl (C=O) groups is 2. The number of anilines is 2. The predicted molar refractivity (Wildman–Crippen MR) is 87.9 cm³/mol. The molecule has 0 unspecified atom stereocenters. The van der Waals surface area contributed by atoms with E-state index in [9.17, 15) is 14.7 Å². The first-order valence-electron chi connectivity index (χ1n) is 7.26. The monoisotopic (exact) mass is 308 g/mol. The maximum absolute atomic E-state index is 12.6. The quantitative estimate of drug-likeness (QED) is 0.928. The van der Waals surface area contributed by atoms with Crippen molar-refractivity contribution in [1.82, 2.24) is 0 Å². The number of nitrogens with zero attached hydrogens (tertiary/aromatic N) is 2. The molecule has 1 aliphatic heterocycles. The average molecular weight is 308 g/mol. The van der Waals surface area contributed by atoms with Crippen LogP contribution in [0.3, 0.4) is 0 Å². The molecule has 0 aromatic heterocycles. The third-order valence-corrected chi connectivity index (χ3v) is 3.65. The molecule has 0 radical (unpaired) electrons. The van der Waals surface area contributed by atoms with E-state index in [1.165, 1.54) is 23.0 Å². The number of carbonyl (C=O) groups excluding carboxylic acids is 2. The Morgan fingerprint density at radius 3 is 2.43 bits per heavy atom. The molecule has 0 aliphatic carbocycles. The number of fused-ring (bicyclic) bond motifs is 1. The van der Waals surface area contributed by atoms with Crippen LogP contribution in [0.4, 0.5) is 11.4 Å². The molecule has 23 heavy (non-hydrogen) atoms. The van der Waals surface area contributed by atoms with Gasteiger partial charge in [0.15, 0.2) is 5.76 Å². The topological polar surface area (TPSA) is 60.9 Å². The molecule has 3 rings (SSSR count). The fourth-order valence-electron chi connectivity index (χ4n) is 2.61. The van der Waals surface area contributed by atoms with Crippen molar-refractivity contribution >= 4 is 23.2 Å². The van der Waals surface area contributed by atoms with Crippen molar-refractivity contribution in [3.63, 3.8) is 0 Å². The Morgan fingerprint density at radius 2 is 1.74 bits per heavy atom. The highest BCUT2D eigenvalue weighted by molar-refractivity contribution is 6.12. The molecule has 0 spiro atoms. The number of hydrogen-bond donors (Lipinski definition) is 1. The van der Waals surface area contributed by atoms with Gasteiger partial charge < -0.3 is 5.11 Å². The van der Waals surface area contributed by atoms with Gasteiger partial charge in [-0.3, -0.25) is 9.59 Å². The van der Waals surface area contributed by atoms with Gasteiger partial charge in [-0.25, -0.2) is 10.0 Å². The van der Waals surface area contributed by atoms with Gasteiger partial charge in [0.25, 0.3) is 0 Å². The van der Waals surface area contributed by atoms with Gasteiger partial charge in [0.05, 0.1) is 11.4 Å². The van der Waals surface area contributed by atoms with Crippen LogP contribution in [0.1, 0.15) is 12.5 Å². The molecule has 116 valence electrons. The summed E-state index contributed by atoms with van der Waals surface area (Å²) in [6.45, 7) is 1.38. The first-order valence-corrected chi connectivity index (χ1v) is 7.26. The minimum absolute atomic E-state index is 0.325. The van der Waals surface area contributed by atoms with Crippen LogP contribution in [-0.4, -0.2) is 16.9 Å². The summed E-state index contributed by atoms with van der Waals surface area (Å²) in [6, 6.07) is 16.2. The maximum Gasteiger partial charge on any atom is 0.311 e. The molecule has 0 saturated carbocycles. The number of allylic oxidation sites excluding steroid dienone is 1. The molecule has 0 bridgehead atoms. The molecule has 0 atom stereocenters. The molecule has 0 fully saturated rings. The van der Waals surface area contributed by atoms with E-state index in [2.05, 4.69) is 0 Å². The zero-order valence-electron chi connectivity index (χ0n) is 12.6. The summed E-state index contributed by atoms with van der Waals surface area (Å²) in [5.41, 5.74) is 1.99. The van der Waals surface area contributed by atoms with Crippen LogP contribution >= 0.6 is 0 Å². The summed E-state index contributed by atoms with van der Waals surface area (Å²) in [6.07, 6.45) is 1.88. The van der Waals surface area contributed by atoms with Gasteiger partial charge in [-0.15, -0.1) is 0 Å². The molecular weight excluding hydrogens is 292 g/mol. The normalized spacial score (nSPS) is 13.9. The van der Waals surface area contributed by atoms with Gasteiger partial charge in [-0.2, -0.15) is 0 Å². The van der Waals surface area contributed by atoms with E-state index in [4.69, 9.17) is 0 Å². The molecule has 1 N–H and O–H groups in total. The van der Waals surface area contributed by atoms with Gasteiger partial charge in [0, 0.05) is 6.92 Å². The van der Waals surface area contributed by atoms with Crippen molar-refractivity contribution in [2.24, 2.45) is 0 Å². The highest BCUT2D eigenvalue weighted by Crippen LogP contribution is 2.30. The van der Waals surface area contributed by atoms with Crippen LogP contribution < -0.4 is 10.0 Å². The fraction of sp³-hybridized carbons (Fsp3) is 0.111. The van der Waals surface area contributed by atoms with E-state index in [1.807, 2.05) is 18.2 Å². The Labute approximate surface area is 134 Å². The molecule has 1 aliphatic rings. The molecule has 2 aromatic carbocycles. The average Bonchev–Trinajstić information content (AvgIpc) is 2.68. The third kappa shape index (κ3) is 2.68. The van der Waals surface area contributed by atoms with Crippen LogP contribution in [-0.2, 0) is 16.0 Å². The van der Waals surface area contributed by atoms with Crippen LogP contribution in [0, 0.1) is 0 Å². The number of benzene rings is 2. The Hall–Kier alpha value is -3.08. The van der Waals surface area contributed by atoms with E-state index < -0.39 is 5.91 Å². The lowest BCUT2D eigenvalue weighted by Gasteiger charge is -2.34. The first-order chi connectivity index (χ1) is 11.1. The van der Waals surface area contributed by atoms with Crippen LogP contribution in [0.25, 0.3) is 0 Å². The summed E-state index contributed by atoms with van der Waals surface area (Å²) in [5, 5.41) is 12.5. The molecule has 2 aromatic rings. The van der Waals surface area contributed by atoms with Crippen molar-refractivity contribution < 1.29 is 14.7 Å². The lowest BCUT2D eigenvalue weighted by atomic mass is 10.1. The largest absolute Gasteiger partial charge is 0.503 e. The minimum atomic E-state index is -0.631. The summed E-state index contributed by atoms with van der Waals surface area (Å²) < 4.78 is 0. The van der Waals surface area contributed by atoms with Crippen LogP contribution in [0.15, 0.2) is 66.4 Å². The number of hydrogen-bond acceptors (Lipinski definition) is 3. The number of para-hydroxylation sites is 2. The van der Waals surface area contributed by atoms with Crippen LogP contribution in [0.2, 0.25) is 0 Å². The second-order valence-corrected chi connectivity index (χ2v) is 5.21. The standard InChI is InChI=1S/C18H16N2O3/c1-13(21)19(15-8-3-2-4-9-15)20-16-10-6-5-7-14(16)11-12-17(22)18(20)23/h2-10,12,22H,11H2,1H3. The van der Waals surface area contributed by atoms with Crippen molar-refractivity contribution in [3.8, 4) is 0 Å². The van der Waals surface area contributed by atoms with Gasteiger partial charge in [-0.1, -0.05) is 36.4 Å². The van der Waals surface area contributed by atoms with Crippen LogP contribution in [0.5, 0.6) is 0 Å². The first kappa shape index (κ1) is 14.8. The van der Waals surface area contributed by atoms with E-state index >= 15 is 0 Å². The fourth-order valence-corrected chi connectivity index (χ4v) is 2.61. The van der Waals surface area contributed by atoms with Gasteiger partial charge in [0.1, 0.15) is 0 Å². The third-order valence-electron chi connectivity index (χ3n) is 3.65. The number of hydrazine groups is 1. The number of amides is 2. The Balaban J connectivity index is 2.19. The predicted octanol–water partition coefficient (Wildman–Crippen LogP) is 2.99. The lowest BCUT2D eigenvalue weighted by molar-refractivity contribution is -0.122. The Kier molecular flexibility index (Phi) is 3.85. The van der Waals surface area contributed by atoms with Crippen molar-refractivity contribution in [2.75, 3.05) is 10.0 Å². The van der Waals surface area contributed by atoms with Crippen molar-refractivity contribution in [2.45, 2.75) is 13.3 Å². The Bertz CT molecular complexity index is 784.